The molecule has 1 aliphatic heterocycles. The van der Waals surface area contributed by atoms with E-state index in [0.29, 0.717) is 35.6 Å². The number of likely N-dealkylation sites (tertiary alicyclic amines) is 1. The molecule has 1 saturated heterocycles. The molecule has 0 aromatic carbocycles. The molecule has 4 aliphatic carbocycles. The van der Waals surface area contributed by atoms with Crippen molar-refractivity contribution in [2.24, 2.45) is 46.3 Å². The van der Waals surface area contributed by atoms with E-state index in [-0.39, 0.29) is 30.4 Å². The minimum Gasteiger partial charge on any atom is -1.00 e. The monoisotopic (exact) mass is 565 g/mol. The molecule has 0 radical (unpaired) electrons. The normalized spacial score (nSPS) is 41.7. The number of carbonyl (C=O) groups is 2. The smallest absolute Gasteiger partial charge is 0.362 e. The third-order valence-electron chi connectivity index (χ3n) is 13.1. The highest BCUT2D eigenvalue weighted by atomic mass is 35.5. The fourth-order valence-electron chi connectivity index (χ4n) is 10.9. The van der Waals surface area contributed by atoms with Gasteiger partial charge in [-0.15, -0.1) is 0 Å². The highest BCUT2D eigenvalue weighted by molar-refractivity contribution is 5.70. The molecule has 5 aliphatic rings. The fourth-order valence-corrected chi connectivity index (χ4v) is 10.9. The van der Waals surface area contributed by atoms with Gasteiger partial charge in [-0.2, -0.15) is 0 Å². The van der Waals surface area contributed by atoms with Crippen molar-refractivity contribution in [3.8, 4) is 0 Å². The quantitative estimate of drug-likeness (QED) is 0.348. The van der Waals surface area contributed by atoms with Crippen molar-refractivity contribution in [3.05, 3.63) is 0 Å². The summed E-state index contributed by atoms with van der Waals surface area (Å²) in [5.41, 5.74) is 0.841. The molecule has 1 heterocycles. The van der Waals surface area contributed by atoms with Gasteiger partial charge in [0.2, 0.25) is 0 Å². The van der Waals surface area contributed by atoms with Gasteiger partial charge in [0.1, 0.15) is 6.10 Å². The number of rotatable bonds is 7. The molecule has 0 spiro atoms. The summed E-state index contributed by atoms with van der Waals surface area (Å²) in [5.74, 6) is 4.55. The summed E-state index contributed by atoms with van der Waals surface area (Å²) in [6.07, 6.45) is 16.9. The summed E-state index contributed by atoms with van der Waals surface area (Å²) in [6.45, 7) is 10.4. The van der Waals surface area contributed by atoms with Crippen LogP contribution in [0.1, 0.15) is 111 Å². The molecule has 39 heavy (non-hydrogen) atoms. The van der Waals surface area contributed by atoms with Gasteiger partial charge in [-0.1, -0.05) is 20.8 Å². The number of hydrogen-bond donors (Lipinski definition) is 0. The van der Waals surface area contributed by atoms with Crippen LogP contribution in [0.2, 0.25) is 0 Å². The number of quaternary nitrogens is 1. The number of likely N-dealkylation sites (N-methyl/N-ethyl adjacent to an activating group) is 1. The van der Waals surface area contributed by atoms with Crippen LogP contribution < -0.4 is 12.4 Å². The average Bonchev–Trinajstić information content (AvgIpc) is 3.24. The Hall–Kier alpha value is -0.810. The van der Waals surface area contributed by atoms with E-state index in [0.717, 1.165) is 60.5 Å². The van der Waals surface area contributed by atoms with Crippen LogP contribution >= 0.6 is 0 Å². The van der Waals surface area contributed by atoms with E-state index in [4.69, 9.17) is 9.47 Å². The lowest BCUT2D eigenvalue weighted by Gasteiger charge is -2.61. The Kier molecular flexibility index (Phi) is 9.74. The lowest BCUT2D eigenvalue weighted by molar-refractivity contribution is -0.907. The summed E-state index contributed by atoms with van der Waals surface area (Å²) < 4.78 is 12.0. The Labute approximate surface area is 244 Å². The molecule has 6 heteroatoms. The van der Waals surface area contributed by atoms with Crippen LogP contribution in [-0.2, 0) is 19.1 Å². The molecule has 224 valence electrons. The molecule has 0 bridgehead atoms. The maximum Gasteiger partial charge on any atom is 0.362 e. The van der Waals surface area contributed by atoms with Gasteiger partial charge in [-0.3, -0.25) is 4.79 Å². The Bertz CT molecular complexity index is 874. The molecule has 0 aromatic rings. The number of nitrogens with zero attached hydrogens (tertiary/aromatic N) is 1. The zero-order chi connectivity index (χ0) is 27.1. The summed E-state index contributed by atoms with van der Waals surface area (Å²) >= 11 is 0. The molecule has 9 atom stereocenters. The van der Waals surface area contributed by atoms with Crippen LogP contribution in [0.5, 0.6) is 0 Å². The summed E-state index contributed by atoms with van der Waals surface area (Å²) in [4.78, 5) is 24.7. The van der Waals surface area contributed by atoms with Crippen molar-refractivity contribution >= 4 is 11.9 Å². The number of hydrogen-bond acceptors (Lipinski definition) is 4. The molecule has 0 aromatic heterocycles. The van der Waals surface area contributed by atoms with Crippen LogP contribution in [0, 0.1) is 46.3 Å². The second-order valence-electron chi connectivity index (χ2n) is 15.1. The van der Waals surface area contributed by atoms with Gasteiger partial charge >= 0.3 is 11.9 Å². The van der Waals surface area contributed by atoms with Gasteiger partial charge in [0.25, 0.3) is 0 Å². The van der Waals surface area contributed by atoms with Crippen LogP contribution in [0.25, 0.3) is 0 Å². The number of methoxy groups -OCH3 is 1. The molecule has 0 unspecified atom stereocenters. The molecule has 0 N–H and O–H groups in total. The summed E-state index contributed by atoms with van der Waals surface area (Å²) in [5, 5.41) is 0. The molecule has 4 saturated carbocycles. The van der Waals surface area contributed by atoms with Crippen molar-refractivity contribution in [2.45, 2.75) is 117 Å². The van der Waals surface area contributed by atoms with Crippen molar-refractivity contribution in [1.82, 2.24) is 0 Å². The highest BCUT2D eigenvalue weighted by Gasteiger charge is 2.60. The van der Waals surface area contributed by atoms with Gasteiger partial charge in [0.05, 0.1) is 27.2 Å². The number of carbonyl (C=O) groups excluding carboxylic acids is 2. The van der Waals surface area contributed by atoms with Crippen LogP contribution in [0.15, 0.2) is 0 Å². The first-order chi connectivity index (χ1) is 18.1. The predicted molar refractivity (Wildman–Crippen MR) is 150 cm³/mol. The lowest BCUT2D eigenvalue weighted by Crippen LogP contribution is -3.00. The number of halogens is 1. The Morgan fingerprint density at radius 1 is 0.897 bits per heavy atom. The first-order valence-electron chi connectivity index (χ1n) is 16.2. The third kappa shape index (κ3) is 6.06. The Morgan fingerprint density at radius 2 is 1.59 bits per heavy atom. The second kappa shape index (κ2) is 12.2. The standard InChI is InChI=1S/C33H56NO4.ClH/c1-23(9-14-30(35)37-5)27-12-13-28-26-11-10-24-21-25(38-31(36)22-34(4)19-7-6-8-20-34)15-17-32(24,2)29(26)16-18-33(27,28)3;/h23-29H,6-22H2,1-5H3;1H/q+1;/p-1/t23-,24-,25-,26+,27-,28+,29+,32+,33-;/m1./s1. The highest BCUT2D eigenvalue weighted by Crippen LogP contribution is 2.68. The second-order valence-corrected chi connectivity index (χ2v) is 15.1. The molecular formula is C33H56ClNO4. The van der Waals surface area contributed by atoms with Crippen LogP contribution in [0.3, 0.4) is 0 Å². The number of esters is 2. The maximum atomic E-state index is 12.9. The maximum absolute atomic E-state index is 12.9. The zero-order valence-corrected chi connectivity index (χ0v) is 26.3. The molecule has 0 amide bonds. The number of piperidine rings is 1. The van der Waals surface area contributed by atoms with Gasteiger partial charge in [-0.05, 0) is 130 Å². The summed E-state index contributed by atoms with van der Waals surface area (Å²) in [6, 6.07) is 0. The van der Waals surface area contributed by atoms with Crippen molar-refractivity contribution < 1.29 is 36.0 Å². The van der Waals surface area contributed by atoms with Gasteiger partial charge in [-0.25, -0.2) is 4.79 Å². The van der Waals surface area contributed by atoms with Gasteiger partial charge in [0, 0.05) is 6.42 Å². The molecular weight excluding hydrogens is 510 g/mol. The van der Waals surface area contributed by atoms with E-state index in [2.05, 4.69) is 27.8 Å². The van der Waals surface area contributed by atoms with Crippen molar-refractivity contribution in [3.63, 3.8) is 0 Å². The van der Waals surface area contributed by atoms with E-state index in [1.54, 1.807) is 0 Å². The topological polar surface area (TPSA) is 52.6 Å². The van der Waals surface area contributed by atoms with E-state index in [1.807, 2.05) is 0 Å². The first kappa shape index (κ1) is 31.1. The molecule has 5 fully saturated rings. The minimum absolute atomic E-state index is 0. The minimum atomic E-state index is -0.0601. The fraction of sp³-hybridized carbons (Fsp3) is 0.939. The van der Waals surface area contributed by atoms with Gasteiger partial charge in [0.15, 0.2) is 6.54 Å². The number of ether oxygens (including phenoxy) is 2. The predicted octanol–water partition coefficient (Wildman–Crippen LogP) is 3.78. The molecule has 5 nitrogen and oxygen atoms in total. The third-order valence-corrected chi connectivity index (χ3v) is 13.1. The van der Waals surface area contributed by atoms with E-state index >= 15 is 0 Å². The van der Waals surface area contributed by atoms with Crippen LogP contribution in [-0.4, -0.2) is 56.3 Å². The Morgan fingerprint density at radius 3 is 2.31 bits per heavy atom. The summed E-state index contributed by atoms with van der Waals surface area (Å²) in [7, 11) is 3.75. The zero-order valence-electron chi connectivity index (χ0n) is 25.5. The van der Waals surface area contributed by atoms with Gasteiger partial charge < -0.3 is 26.4 Å². The average molecular weight is 566 g/mol. The lowest BCUT2D eigenvalue weighted by atomic mass is 9.44. The largest absolute Gasteiger partial charge is 1.00 e. The first-order valence-corrected chi connectivity index (χ1v) is 16.2. The van der Waals surface area contributed by atoms with E-state index < -0.39 is 0 Å². The SMILES string of the molecule is COC(=O)CC[C@@H](C)[C@H]1CC[C@H]2[C@@H]3CC[C@@H]4C[C@H](OC(=O)C[N+]5(C)CCCCC5)CC[C@]4(C)[C@H]3CC[C@]12C.[Cl-]. The van der Waals surface area contributed by atoms with E-state index in [1.165, 1.54) is 71.3 Å². The van der Waals surface area contributed by atoms with E-state index in [9.17, 15) is 9.59 Å². The number of fused-ring (bicyclic) bond motifs is 5. The van der Waals surface area contributed by atoms with Crippen molar-refractivity contribution in [1.29, 1.82) is 0 Å². The Balaban J connectivity index is 0.00000353. The molecule has 5 rings (SSSR count). The van der Waals surface area contributed by atoms with Crippen LogP contribution in [0.4, 0.5) is 0 Å². The van der Waals surface area contributed by atoms with Crippen molar-refractivity contribution in [2.75, 3.05) is 33.8 Å².